The van der Waals surface area contributed by atoms with Gasteiger partial charge >= 0.3 is 0 Å². The largest absolute Gasteiger partial charge is 0.394 e. The van der Waals surface area contributed by atoms with Crippen molar-refractivity contribution in [2.24, 2.45) is 0 Å². The topological polar surface area (TPSA) is 39.6 Å². The summed E-state index contributed by atoms with van der Waals surface area (Å²) in [6.07, 6.45) is 9.67. The predicted octanol–water partition coefficient (Wildman–Crippen LogP) is 2.42. The summed E-state index contributed by atoms with van der Waals surface area (Å²) in [5.41, 5.74) is 2.33. The normalized spacial score (nSPS) is 25.2. The van der Waals surface area contributed by atoms with Crippen LogP contribution in [0.15, 0.2) is 18.3 Å². The molecule has 3 rings (SSSR count). The van der Waals surface area contributed by atoms with Crippen molar-refractivity contribution in [3.63, 3.8) is 0 Å². The summed E-state index contributed by atoms with van der Waals surface area (Å²) in [7, 11) is 2.08. The standard InChI is InChI=1S/C17H27N3O/c1-19-15(13-21)9-11-20(14-6-3-2-4-7-14)12-16-17(19)8-5-10-18-16/h5,8,10,14-15,21H,2-4,6-7,9,11-13H2,1H3/t15-/m0/s1. The molecule has 0 amide bonds. The van der Waals surface area contributed by atoms with E-state index in [1.807, 2.05) is 12.3 Å². The molecule has 4 heteroatoms. The van der Waals surface area contributed by atoms with Crippen LogP contribution in [0.1, 0.15) is 44.2 Å². The molecule has 0 radical (unpaired) electrons. The molecular formula is C17H27N3O. The Balaban J connectivity index is 1.85. The third-order valence-electron chi connectivity index (χ3n) is 5.20. The molecular weight excluding hydrogens is 262 g/mol. The maximum atomic E-state index is 9.72. The maximum Gasteiger partial charge on any atom is 0.0776 e. The van der Waals surface area contributed by atoms with Gasteiger partial charge in [-0.2, -0.15) is 0 Å². The van der Waals surface area contributed by atoms with Crippen LogP contribution in [-0.4, -0.2) is 47.3 Å². The van der Waals surface area contributed by atoms with E-state index in [-0.39, 0.29) is 12.6 Å². The second-order valence-corrected chi connectivity index (χ2v) is 6.47. The number of anilines is 1. The summed E-state index contributed by atoms with van der Waals surface area (Å²) in [6.45, 7) is 2.23. The van der Waals surface area contributed by atoms with Crippen molar-refractivity contribution in [3.8, 4) is 0 Å². The molecule has 0 spiro atoms. The monoisotopic (exact) mass is 289 g/mol. The van der Waals surface area contributed by atoms with Crippen LogP contribution in [0.2, 0.25) is 0 Å². The predicted molar refractivity (Wildman–Crippen MR) is 85.4 cm³/mol. The third kappa shape index (κ3) is 3.22. The summed E-state index contributed by atoms with van der Waals surface area (Å²) in [6, 6.07) is 5.03. The SMILES string of the molecule is CN1c2cccnc2CN(C2CCCCC2)CC[C@H]1CO. The van der Waals surface area contributed by atoms with Crippen LogP contribution in [0, 0.1) is 0 Å². The van der Waals surface area contributed by atoms with E-state index in [1.54, 1.807) is 0 Å². The van der Waals surface area contributed by atoms with Crippen molar-refractivity contribution < 1.29 is 5.11 Å². The Kier molecular flexibility index (Phi) is 4.76. The van der Waals surface area contributed by atoms with E-state index in [1.165, 1.54) is 37.8 Å². The van der Waals surface area contributed by atoms with Crippen molar-refractivity contribution >= 4 is 5.69 Å². The molecule has 1 N–H and O–H groups in total. The molecule has 1 aliphatic carbocycles. The average molecular weight is 289 g/mol. The van der Waals surface area contributed by atoms with E-state index >= 15 is 0 Å². The summed E-state index contributed by atoms with van der Waals surface area (Å²) >= 11 is 0. The van der Waals surface area contributed by atoms with Gasteiger partial charge in [0.1, 0.15) is 0 Å². The number of aliphatic hydroxyl groups excluding tert-OH is 1. The average Bonchev–Trinajstić information content (AvgIpc) is 2.53. The number of fused-ring (bicyclic) bond motifs is 1. The molecule has 2 heterocycles. The fraction of sp³-hybridized carbons (Fsp3) is 0.706. The van der Waals surface area contributed by atoms with E-state index < -0.39 is 0 Å². The summed E-state index contributed by atoms with van der Waals surface area (Å²) < 4.78 is 0. The highest BCUT2D eigenvalue weighted by atomic mass is 16.3. The van der Waals surface area contributed by atoms with Crippen molar-refractivity contribution in [1.82, 2.24) is 9.88 Å². The van der Waals surface area contributed by atoms with Gasteiger partial charge in [0.05, 0.1) is 24.0 Å². The highest BCUT2D eigenvalue weighted by molar-refractivity contribution is 5.51. The highest BCUT2D eigenvalue weighted by Gasteiger charge is 2.27. The van der Waals surface area contributed by atoms with Gasteiger partial charge in [0.25, 0.3) is 0 Å². The zero-order chi connectivity index (χ0) is 14.7. The highest BCUT2D eigenvalue weighted by Crippen LogP contribution is 2.29. The zero-order valence-corrected chi connectivity index (χ0v) is 13.0. The molecule has 2 aliphatic rings. The van der Waals surface area contributed by atoms with E-state index in [2.05, 4.69) is 27.9 Å². The van der Waals surface area contributed by atoms with Gasteiger partial charge in [-0.1, -0.05) is 19.3 Å². The summed E-state index contributed by atoms with van der Waals surface area (Å²) in [5.74, 6) is 0. The number of aliphatic hydroxyl groups is 1. The van der Waals surface area contributed by atoms with Gasteiger partial charge in [0, 0.05) is 32.4 Å². The van der Waals surface area contributed by atoms with E-state index in [0.29, 0.717) is 6.04 Å². The van der Waals surface area contributed by atoms with Gasteiger partial charge in [-0.05, 0) is 31.4 Å². The number of nitrogens with zero attached hydrogens (tertiary/aromatic N) is 3. The summed E-state index contributed by atoms with van der Waals surface area (Å²) in [5, 5.41) is 9.72. The van der Waals surface area contributed by atoms with Crippen molar-refractivity contribution in [3.05, 3.63) is 24.0 Å². The van der Waals surface area contributed by atoms with E-state index in [9.17, 15) is 5.11 Å². The Morgan fingerprint density at radius 2 is 2.05 bits per heavy atom. The summed E-state index contributed by atoms with van der Waals surface area (Å²) in [4.78, 5) is 9.44. The Hall–Kier alpha value is -1.13. The van der Waals surface area contributed by atoms with Gasteiger partial charge in [0.15, 0.2) is 0 Å². The van der Waals surface area contributed by atoms with Crippen molar-refractivity contribution in [2.45, 2.75) is 57.2 Å². The Bertz CT molecular complexity index is 459. The molecule has 1 saturated carbocycles. The molecule has 0 bridgehead atoms. The number of likely N-dealkylation sites (N-methyl/N-ethyl adjacent to an activating group) is 1. The quantitative estimate of drug-likeness (QED) is 0.907. The van der Waals surface area contributed by atoms with Gasteiger partial charge in [-0.15, -0.1) is 0 Å². The molecule has 116 valence electrons. The zero-order valence-electron chi connectivity index (χ0n) is 13.0. The van der Waals surface area contributed by atoms with Gasteiger partial charge in [0.2, 0.25) is 0 Å². The van der Waals surface area contributed by atoms with Gasteiger partial charge in [-0.25, -0.2) is 0 Å². The van der Waals surface area contributed by atoms with Crippen molar-refractivity contribution in [1.29, 1.82) is 0 Å². The van der Waals surface area contributed by atoms with Crippen LogP contribution < -0.4 is 4.90 Å². The molecule has 1 aliphatic heterocycles. The lowest BCUT2D eigenvalue weighted by molar-refractivity contribution is 0.132. The fourth-order valence-corrected chi connectivity index (χ4v) is 3.82. The first kappa shape index (κ1) is 14.8. The molecule has 1 aromatic heterocycles. The Labute approximate surface area is 127 Å². The smallest absolute Gasteiger partial charge is 0.0776 e. The minimum atomic E-state index is 0.194. The molecule has 1 fully saturated rings. The molecule has 4 nitrogen and oxygen atoms in total. The second kappa shape index (κ2) is 6.75. The lowest BCUT2D eigenvalue weighted by Crippen LogP contribution is -2.45. The fourth-order valence-electron chi connectivity index (χ4n) is 3.82. The first-order chi connectivity index (χ1) is 10.3. The van der Waals surface area contributed by atoms with Gasteiger partial charge in [-0.3, -0.25) is 9.88 Å². The molecule has 21 heavy (non-hydrogen) atoms. The van der Waals surface area contributed by atoms with Gasteiger partial charge < -0.3 is 10.0 Å². The van der Waals surface area contributed by atoms with E-state index in [0.717, 1.165) is 25.2 Å². The Morgan fingerprint density at radius 1 is 1.24 bits per heavy atom. The van der Waals surface area contributed by atoms with Crippen molar-refractivity contribution in [2.75, 3.05) is 25.1 Å². The second-order valence-electron chi connectivity index (χ2n) is 6.47. The van der Waals surface area contributed by atoms with Crippen LogP contribution in [-0.2, 0) is 6.54 Å². The molecule has 0 saturated heterocycles. The molecule has 0 unspecified atom stereocenters. The Morgan fingerprint density at radius 3 is 2.81 bits per heavy atom. The molecule has 1 aromatic rings. The first-order valence-electron chi connectivity index (χ1n) is 8.31. The number of hydrogen-bond acceptors (Lipinski definition) is 4. The lowest BCUT2D eigenvalue weighted by atomic mass is 9.93. The third-order valence-corrected chi connectivity index (χ3v) is 5.20. The number of pyridine rings is 1. The van der Waals surface area contributed by atoms with E-state index in [4.69, 9.17) is 0 Å². The minimum Gasteiger partial charge on any atom is -0.394 e. The number of rotatable bonds is 2. The number of aromatic nitrogens is 1. The molecule has 1 atom stereocenters. The van der Waals surface area contributed by atoms with Crippen LogP contribution in [0.5, 0.6) is 0 Å². The number of hydrogen-bond donors (Lipinski definition) is 1. The van der Waals surface area contributed by atoms with Crippen LogP contribution in [0.25, 0.3) is 0 Å². The van der Waals surface area contributed by atoms with Crippen LogP contribution >= 0.6 is 0 Å². The van der Waals surface area contributed by atoms with Crippen LogP contribution in [0.3, 0.4) is 0 Å². The van der Waals surface area contributed by atoms with Crippen LogP contribution in [0.4, 0.5) is 5.69 Å². The minimum absolute atomic E-state index is 0.194. The maximum absolute atomic E-state index is 9.72. The lowest BCUT2D eigenvalue weighted by Gasteiger charge is -2.40. The first-order valence-corrected chi connectivity index (χ1v) is 8.31. The molecule has 0 aromatic carbocycles.